The highest BCUT2D eigenvalue weighted by atomic mass is 79.9. The van der Waals surface area contributed by atoms with Gasteiger partial charge in [-0.3, -0.25) is 9.69 Å². The molecule has 0 aliphatic carbocycles. The Labute approximate surface area is 238 Å². The summed E-state index contributed by atoms with van der Waals surface area (Å²) >= 11 is 3.42. The summed E-state index contributed by atoms with van der Waals surface area (Å²) in [7, 11) is 0. The Morgan fingerprint density at radius 3 is 2.29 bits per heavy atom. The first kappa shape index (κ1) is 28.4. The van der Waals surface area contributed by atoms with E-state index in [2.05, 4.69) is 43.6 Å². The van der Waals surface area contributed by atoms with E-state index in [0.29, 0.717) is 12.8 Å². The summed E-state index contributed by atoms with van der Waals surface area (Å²) in [5.41, 5.74) is 1.21. The van der Waals surface area contributed by atoms with Gasteiger partial charge in [-0.2, -0.15) is 0 Å². The number of imide groups is 1. The maximum absolute atomic E-state index is 13.3. The lowest BCUT2D eigenvalue weighted by molar-refractivity contribution is -0.133. The molecule has 2 aromatic rings. The number of benzene rings is 2. The molecule has 5 rings (SSSR count). The molecule has 3 saturated heterocycles. The average Bonchev–Trinajstić information content (AvgIpc) is 3.53. The lowest BCUT2D eigenvalue weighted by atomic mass is 9.87. The van der Waals surface area contributed by atoms with Crippen LogP contribution in [0.3, 0.4) is 0 Å². The van der Waals surface area contributed by atoms with Gasteiger partial charge in [0.2, 0.25) is 0 Å². The molecule has 1 atom stereocenters. The van der Waals surface area contributed by atoms with Crippen LogP contribution in [0, 0.1) is 0 Å². The monoisotopic (exact) mass is 603 g/mol. The number of hydrogen-bond donors (Lipinski definition) is 2. The Kier molecular flexibility index (Phi) is 9.33. The van der Waals surface area contributed by atoms with E-state index in [1.54, 1.807) is 0 Å². The van der Waals surface area contributed by atoms with Gasteiger partial charge in [0.05, 0.1) is 12.6 Å². The molecule has 3 aliphatic rings. The van der Waals surface area contributed by atoms with Crippen LogP contribution in [0.4, 0.5) is 9.59 Å². The normalized spacial score (nSPS) is 19.8. The van der Waals surface area contributed by atoms with Gasteiger partial charge in [0, 0.05) is 37.2 Å². The molecule has 1 spiro atoms. The molecule has 2 N–H and O–H groups in total. The van der Waals surface area contributed by atoms with Crippen molar-refractivity contribution in [1.29, 1.82) is 0 Å². The number of halogens is 2. The van der Waals surface area contributed by atoms with Crippen LogP contribution < -0.4 is 10.6 Å². The topological polar surface area (TPSA) is 85.0 Å². The number of nitrogens with zero attached hydrogens (tertiary/aromatic N) is 3. The first-order chi connectivity index (χ1) is 17.9. The molecule has 204 valence electrons. The predicted molar refractivity (Wildman–Crippen MR) is 152 cm³/mol. The van der Waals surface area contributed by atoms with Crippen molar-refractivity contribution in [3.8, 4) is 0 Å². The maximum Gasteiger partial charge on any atom is 0.325 e. The number of piperidine rings is 1. The van der Waals surface area contributed by atoms with E-state index in [1.807, 2.05) is 47.4 Å². The predicted octanol–water partition coefficient (Wildman–Crippen LogP) is 4.69. The lowest BCUT2D eigenvalue weighted by Gasteiger charge is -2.38. The molecular formula is C28H35BrClN5O3. The third kappa shape index (κ3) is 6.33. The number of urea groups is 2. The fraction of sp³-hybridized carbons (Fsp3) is 0.464. The molecule has 0 aromatic heterocycles. The van der Waals surface area contributed by atoms with E-state index in [-0.39, 0.29) is 43.0 Å². The van der Waals surface area contributed by atoms with Gasteiger partial charge >= 0.3 is 12.1 Å². The Morgan fingerprint density at radius 2 is 1.63 bits per heavy atom. The van der Waals surface area contributed by atoms with Crippen LogP contribution in [0.15, 0.2) is 59.1 Å². The van der Waals surface area contributed by atoms with Crippen molar-refractivity contribution >= 4 is 46.3 Å². The molecule has 2 aromatic carbocycles. The van der Waals surface area contributed by atoms with Gasteiger partial charge in [-0.15, -0.1) is 12.4 Å². The standard InChI is InChI=1S/C28H34BrN5O3.ClH/c29-23-10-8-21(9-11-23)20-34-25(35)28(31-27(34)37)13-18-32(19-14-28)17-12-24(22-6-2-1-3-7-22)30-26(36)33-15-4-5-16-33;/h1-3,6-11,24H,4-5,12-20H2,(H,30,36)(H,31,37);1H/t24-;/m0./s1. The van der Waals surface area contributed by atoms with Crippen molar-refractivity contribution in [2.45, 2.75) is 50.2 Å². The fourth-order valence-electron chi connectivity index (χ4n) is 5.57. The minimum absolute atomic E-state index is 0. The zero-order valence-corrected chi connectivity index (χ0v) is 23.8. The van der Waals surface area contributed by atoms with Gasteiger partial charge in [0.25, 0.3) is 5.91 Å². The van der Waals surface area contributed by atoms with Gasteiger partial charge in [-0.1, -0.05) is 58.4 Å². The van der Waals surface area contributed by atoms with E-state index in [4.69, 9.17) is 0 Å². The molecule has 5 amide bonds. The molecule has 3 fully saturated rings. The number of carbonyl (C=O) groups is 3. The second kappa shape index (κ2) is 12.5. The minimum atomic E-state index is -0.814. The van der Waals surface area contributed by atoms with Crippen LogP contribution in [0.25, 0.3) is 0 Å². The molecule has 3 aliphatic heterocycles. The number of hydrogen-bond acceptors (Lipinski definition) is 4. The minimum Gasteiger partial charge on any atom is -0.331 e. The van der Waals surface area contributed by atoms with E-state index in [1.165, 1.54) is 4.90 Å². The lowest BCUT2D eigenvalue weighted by Crippen LogP contribution is -2.55. The summed E-state index contributed by atoms with van der Waals surface area (Å²) in [4.78, 5) is 44.4. The number of nitrogens with one attached hydrogen (secondary N) is 2. The van der Waals surface area contributed by atoms with Crippen LogP contribution >= 0.6 is 28.3 Å². The van der Waals surface area contributed by atoms with Crippen molar-refractivity contribution in [3.05, 3.63) is 70.2 Å². The summed E-state index contributed by atoms with van der Waals surface area (Å²) in [5.74, 6) is -0.125. The van der Waals surface area contributed by atoms with Crippen molar-refractivity contribution in [2.75, 3.05) is 32.7 Å². The number of amides is 5. The van der Waals surface area contributed by atoms with Crippen molar-refractivity contribution in [2.24, 2.45) is 0 Å². The summed E-state index contributed by atoms with van der Waals surface area (Å²) in [6, 6.07) is 17.4. The first-order valence-corrected chi connectivity index (χ1v) is 13.9. The number of likely N-dealkylation sites (tertiary alicyclic amines) is 2. The highest BCUT2D eigenvalue weighted by molar-refractivity contribution is 9.10. The zero-order chi connectivity index (χ0) is 25.8. The number of carbonyl (C=O) groups excluding carboxylic acids is 3. The van der Waals surface area contributed by atoms with Crippen molar-refractivity contribution in [3.63, 3.8) is 0 Å². The van der Waals surface area contributed by atoms with Gasteiger partial charge in [-0.25, -0.2) is 9.59 Å². The second-order valence-corrected chi connectivity index (χ2v) is 11.2. The van der Waals surface area contributed by atoms with E-state index in [9.17, 15) is 14.4 Å². The third-order valence-electron chi connectivity index (χ3n) is 7.84. The van der Waals surface area contributed by atoms with Crippen LogP contribution in [0.2, 0.25) is 0 Å². The van der Waals surface area contributed by atoms with Gasteiger partial charge in [0.1, 0.15) is 5.54 Å². The zero-order valence-electron chi connectivity index (χ0n) is 21.4. The Balaban J connectivity index is 0.00000336. The van der Waals surface area contributed by atoms with E-state index in [0.717, 1.165) is 67.6 Å². The SMILES string of the molecule is Cl.O=C(N[C@@H](CCN1CCC2(CC1)NC(=O)N(Cc1ccc(Br)cc1)C2=O)c1ccccc1)N1CCCC1. The maximum atomic E-state index is 13.3. The summed E-state index contributed by atoms with van der Waals surface area (Å²) in [5, 5.41) is 6.26. The van der Waals surface area contributed by atoms with Crippen molar-refractivity contribution in [1.82, 2.24) is 25.3 Å². The first-order valence-electron chi connectivity index (χ1n) is 13.1. The molecule has 0 radical (unpaired) electrons. The van der Waals surface area contributed by atoms with Crippen LogP contribution in [0.1, 0.15) is 49.3 Å². The van der Waals surface area contributed by atoms with Crippen LogP contribution in [-0.4, -0.2) is 70.9 Å². The summed E-state index contributed by atoms with van der Waals surface area (Å²) in [6.07, 6.45) is 4.09. The molecule has 8 nitrogen and oxygen atoms in total. The van der Waals surface area contributed by atoms with Gasteiger partial charge in [0.15, 0.2) is 0 Å². The Hall–Kier alpha value is -2.62. The molecule has 0 unspecified atom stereocenters. The third-order valence-corrected chi connectivity index (χ3v) is 8.37. The second-order valence-electron chi connectivity index (χ2n) is 10.3. The smallest absolute Gasteiger partial charge is 0.325 e. The largest absolute Gasteiger partial charge is 0.331 e. The quantitative estimate of drug-likeness (QED) is 0.449. The van der Waals surface area contributed by atoms with Gasteiger partial charge in [-0.05, 0) is 55.4 Å². The molecule has 0 saturated carbocycles. The average molecular weight is 605 g/mol. The highest BCUT2D eigenvalue weighted by Gasteiger charge is 2.52. The molecule has 38 heavy (non-hydrogen) atoms. The fourth-order valence-corrected chi connectivity index (χ4v) is 5.83. The highest BCUT2D eigenvalue weighted by Crippen LogP contribution is 2.31. The van der Waals surface area contributed by atoms with Crippen molar-refractivity contribution < 1.29 is 14.4 Å². The van der Waals surface area contributed by atoms with E-state index >= 15 is 0 Å². The Morgan fingerprint density at radius 1 is 0.974 bits per heavy atom. The van der Waals surface area contributed by atoms with Crippen LogP contribution in [-0.2, 0) is 11.3 Å². The summed E-state index contributed by atoms with van der Waals surface area (Å²) in [6.45, 7) is 4.17. The summed E-state index contributed by atoms with van der Waals surface area (Å²) < 4.78 is 0.961. The number of rotatable bonds is 7. The molecule has 0 bridgehead atoms. The Bertz CT molecular complexity index is 1120. The van der Waals surface area contributed by atoms with E-state index < -0.39 is 5.54 Å². The molecular weight excluding hydrogens is 570 g/mol. The molecule has 10 heteroatoms. The van der Waals surface area contributed by atoms with Gasteiger partial charge < -0.3 is 20.4 Å². The molecule has 3 heterocycles. The van der Waals surface area contributed by atoms with Crippen LogP contribution in [0.5, 0.6) is 0 Å².